The molecule has 2 nitrogen and oxygen atoms in total. The number of benzene rings is 1. The first-order valence-electron chi connectivity index (χ1n) is 4.22. The van der Waals surface area contributed by atoms with Gasteiger partial charge in [-0.25, -0.2) is 0 Å². The van der Waals surface area contributed by atoms with Crippen LogP contribution in [0.2, 0.25) is 5.02 Å². The third kappa shape index (κ3) is 3.23. The quantitative estimate of drug-likeness (QED) is 0.718. The van der Waals surface area contributed by atoms with Crippen LogP contribution in [0.4, 0.5) is 0 Å². The molecule has 0 spiro atoms. The molecule has 0 radical (unpaired) electrons. The molecule has 1 aromatic rings. The van der Waals surface area contributed by atoms with Crippen molar-refractivity contribution in [1.29, 1.82) is 0 Å². The molecule has 0 bridgehead atoms. The molecule has 3 heteroatoms. The molecule has 1 aromatic carbocycles. The minimum Gasteiger partial charge on any atom is -0.469 e. The first-order chi connectivity index (χ1) is 6.74. The van der Waals surface area contributed by atoms with Crippen LogP contribution in [0.15, 0.2) is 30.3 Å². The van der Waals surface area contributed by atoms with E-state index in [2.05, 4.69) is 4.74 Å². The highest BCUT2D eigenvalue weighted by molar-refractivity contribution is 6.32. The van der Waals surface area contributed by atoms with E-state index in [1.165, 1.54) is 7.11 Å². The SMILES string of the molecule is COC(=O)CC=Cc1ccccc1Cl. The summed E-state index contributed by atoms with van der Waals surface area (Å²) < 4.78 is 4.50. The predicted octanol–water partition coefficient (Wildman–Crippen LogP) is 2.92. The highest BCUT2D eigenvalue weighted by Crippen LogP contribution is 2.16. The maximum atomic E-state index is 10.8. The van der Waals surface area contributed by atoms with Crippen molar-refractivity contribution in [3.05, 3.63) is 40.9 Å². The number of halogens is 1. The van der Waals surface area contributed by atoms with Crippen molar-refractivity contribution in [2.45, 2.75) is 6.42 Å². The van der Waals surface area contributed by atoms with Crippen molar-refractivity contribution in [3.8, 4) is 0 Å². The predicted molar refractivity (Wildman–Crippen MR) is 57.1 cm³/mol. The Kier molecular flexibility index (Phi) is 4.20. The lowest BCUT2D eigenvalue weighted by Crippen LogP contribution is -1.96. The summed E-state index contributed by atoms with van der Waals surface area (Å²) in [5, 5.41) is 0.675. The molecule has 0 atom stereocenters. The molecule has 0 heterocycles. The normalized spacial score (nSPS) is 10.4. The number of rotatable bonds is 3. The van der Waals surface area contributed by atoms with Crippen molar-refractivity contribution in [2.24, 2.45) is 0 Å². The average molecular weight is 211 g/mol. The number of hydrogen-bond donors (Lipinski definition) is 0. The molecule has 0 aromatic heterocycles. The molecule has 1 rings (SSSR count). The molecule has 0 unspecified atom stereocenters. The van der Waals surface area contributed by atoms with Crippen LogP contribution < -0.4 is 0 Å². The first-order valence-corrected chi connectivity index (χ1v) is 4.59. The molecular weight excluding hydrogens is 200 g/mol. The Labute approximate surface area is 88.1 Å². The van der Waals surface area contributed by atoms with Crippen molar-refractivity contribution < 1.29 is 9.53 Å². The van der Waals surface area contributed by atoms with Gasteiger partial charge in [0.1, 0.15) is 0 Å². The second kappa shape index (κ2) is 5.45. The van der Waals surface area contributed by atoms with Gasteiger partial charge in [0.25, 0.3) is 0 Å². The fourth-order valence-corrected chi connectivity index (χ4v) is 1.17. The smallest absolute Gasteiger partial charge is 0.309 e. The fourth-order valence-electron chi connectivity index (χ4n) is 0.976. The maximum absolute atomic E-state index is 10.8. The second-order valence-electron chi connectivity index (χ2n) is 2.70. The zero-order valence-electron chi connectivity index (χ0n) is 7.87. The topological polar surface area (TPSA) is 26.3 Å². The van der Waals surface area contributed by atoms with Gasteiger partial charge in [-0.15, -0.1) is 0 Å². The fraction of sp³-hybridized carbons (Fsp3) is 0.182. The van der Waals surface area contributed by atoms with Crippen molar-refractivity contribution in [2.75, 3.05) is 7.11 Å². The molecular formula is C11H11ClO2. The van der Waals surface area contributed by atoms with Gasteiger partial charge >= 0.3 is 5.97 Å². The number of methoxy groups -OCH3 is 1. The van der Waals surface area contributed by atoms with Gasteiger partial charge in [0.15, 0.2) is 0 Å². The summed E-state index contributed by atoms with van der Waals surface area (Å²) in [4.78, 5) is 10.8. The molecule has 14 heavy (non-hydrogen) atoms. The van der Waals surface area contributed by atoms with E-state index in [0.29, 0.717) is 5.02 Å². The molecule has 0 saturated heterocycles. The largest absolute Gasteiger partial charge is 0.469 e. The lowest BCUT2D eigenvalue weighted by molar-refractivity contribution is -0.139. The van der Waals surface area contributed by atoms with E-state index in [9.17, 15) is 4.79 Å². The third-order valence-corrected chi connectivity index (χ3v) is 2.06. The molecule has 0 aliphatic rings. The van der Waals surface area contributed by atoms with Gasteiger partial charge in [0.05, 0.1) is 13.5 Å². The van der Waals surface area contributed by atoms with Crippen LogP contribution in [0.5, 0.6) is 0 Å². The van der Waals surface area contributed by atoms with Gasteiger partial charge < -0.3 is 4.74 Å². The van der Waals surface area contributed by atoms with Gasteiger partial charge in [0, 0.05) is 5.02 Å². The molecule has 0 aliphatic carbocycles. The average Bonchev–Trinajstić information content (AvgIpc) is 2.20. The lowest BCUT2D eigenvalue weighted by Gasteiger charge is -1.96. The Bertz CT molecular complexity index is 345. The number of carbonyl (C=O) groups is 1. The van der Waals surface area contributed by atoms with Crippen molar-refractivity contribution in [1.82, 2.24) is 0 Å². The van der Waals surface area contributed by atoms with Crippen LogP contribution in [-0.2, 0) is 9.53 Å². The van der Waals surface area contributed by atoms with Gasteiger partial charge in [0.2, 0.25) is 0 Å². The van der Waals surface area contributed by atoms with Crippen molar-refractivity contribution in [3.63, 3.8) is 0 Å². The van der Waals surface area contributed by atoms with E-state index in [0.717, 1.165) is 5.56 Å². The molecule has 0 aliphatic heterocycles. The van der Waals surface area contributed by atoms with Gasteiger partial charge in [-0.2, -0.15) is 0 Å². The summed E-state index contributed by atoms with van der Waals surface area (Å²) in [6, 6.07) is 7.44. The summed E-state index contributed by atoms with van der Waals surface area (Å²) in [5.74, 6) is -0.256. The molecule has 0 saturated carbocycles. The molecule has 74 valence electrons. The van der Waals surface area contributed by atoms with Crippen LogP contribution in [0.3, 0.4) is 0 Å². The van der Waals surface area contributed by atoms with Gasteiger partial charge in [-0.3, -0.25) is 4.79 Å². The third-order valence-electron chi connectivity index (χ3n) is 1.71. The monoisotopic (exact) mass is 210 g/mol. The Morgan fingerprint density at radius 1 is 1.50 bits per heavy atom. The Morgan fingerprint density at radius 3 is 2.86 bits per heavy atom. The first kappa shape index (κ1) is 10.8. The van der Waals surface area contributed by atoms with Crippen LogP contribution in [0.25, 0.3) is 6.08 Å². The van der Waals surface area contributed by atoms with Crippen LogP contribution in [0, 0.1) is 0 Å². The summed E-state index contributed by atoms with van der Waals surface area (Å²) in [7, 11) is 1.37. The Morgan fingerprint density at radius 2 is 2.21 bits per heavy atom. The zero-order chi connectivity index (χ0) is 10.4. The summed E-state index contributed by atoms with van der Waals surface area (Å²) in [6.07, 6.45) is 3.80. The van der Waals surface area contributed by atoms with Crippen LogP contribution in [0.1, 0.15) is 12.0 Å². The van der Waals surface area contributed by atoms with Crippen molar-refractivity contribution >= 4 is 23.6 Å². The minimum absolute atomic E-state index is 0.256. The van der Waals surface area contributed by atoms with Gasteiger partial charge in [-0.05, 0) is 11.6 Å². The van der Waals surface area contributed by atoms with Gasteiger partial charge in [-0.1, -0.05) is 42.0 Å². The van der Waals surface area contributed by atoms with E-state index in [1.54, 1.807) is 18.2 Å². The minimum atomic E-state index is -0.256. The van der Waals surface area contributed by atoms with E-state index in [1.807, 2.05) is 18.2 Å². The standard InChI is InChI=1S/C11H11ClO2/c1-14-11(13)8-4-6-9-5-2-3-7-10(9)12/h2-7H,8H2,1H3. The summed E-state index contributed by atoms with van der Waals surface area (Å²) in [5.41, 5.74) is 0.901. The van der Waals surface area contributed by atoms with Crippen LogP contribution >= 0.6 is 11.6 Å². The zero-order valence-corrected chi connectivity index (χ0v) is 8.62. The molecule has 0 N–H and O–H groups in total. The summed E-state index contributed by atoms with van der Waals surface area (Å²) in [6.45, 7) is 0. The number of carbonyl (C=O) groups excluding carboxylic acids is 1. The van der Waals surface area contributed by atoms with E-state index >= 15 is 0 Å². The van der Waals surface area contributed by atoms with E-state index in [4.69, 9.17) is 11.6 Å². The van der Waals surface area contributed by atoms with E-state index < -0.39 is 0 Å². The second-order valence-corrected chi connectivity index (χ2v) is 3.11. The highest BCUT2D eigenvalue weighted by Gasteiger charge is 1.96. The Balaban J connectivity index is 2.60. The molecule has 0 fully saturated rings. The number of hydrogen-bond acceptors (Lipinski definition) is 2. The van der Waals surface area contributed by atoms with E-state index in [-0.39, 0.29) is 12.4 Å². The van der Waals surface area contributed by atoms with Crippen LogP contribution in [-0.4, -0.2) is 13.1 Å². The number of esters is 1. The number of ether oxygens (including phenoxy) is 1. The maximum Gasteiger partial charge on any atom is 0.309 e. The Hall–Kier alpha value is -1.28. The molecule has 0 amide bonds. The lowest BCUT2D eigenvalue weighted by atomic mass is 10.2. The summed E-state index contributed by atoms with van der Waals surface area (Å²) >= 11 is 5.91. The highest BCUT2D eigenvalue weighted by atomic mass is 35.5.